The third-order valence-corrected chi connectivity index (χ3v) is 2.83. The summed E-state index contributed by atoms with van der Waals surface area (Å²) in [6.07, 6.45) is 4.45. The average Bonchev–Trinajstić information content (AvgIpc) is 2.83. The zero-order chi connectivity index (χ0) is 10.7. The van der Waals surface area contributed by atoms with Gasteiger partial charge in [-0.3, -0.25) is 9.48 Å². The maximum Gasteiger partial charge on any atom is 0.185 e. The largest absolute Gasteiger partial charge is 0.457 e. The van der Waals surface area contributed by atoms with Crippen LogP contribution in [0, 0.1) is 0 Å². The number of hydrogen-bond donors (Lipinski definition) is 0. The van der Waals surface area contributed by atoms with Gasteiger partial charge in [-0.2, -0.15) is 5.10 Å². The normalized spacial score (nSPS) is 10.5. The van der Waals surface area contributed by atoms with Crippen molar-refractivity contribution in [3.8, 4) is 0 Å². The van der Waals surface area contributed by atoms with Gasteiger partial charge in [-0.25, -0.2) is 0 Å². The van der Waals surface area contributed by atoms with Gasteiger partial charge in [0.1, 0.15) is 5.76 Å². The number of carbonyl (C=O) groups excluding carboxylic acids is 1. The van der Waals surface area contributed by atoms with Crippen LogP contribution in [0.5, 0.6) is 0 Å². The summed E-state index contributed by atoms with van der Waals surface area (Å²) in [5.41, 5.74) is 0. The van der Waals surface area contributed by atoms with Gasteiger partial charge in [-0.05, 0) is 12.1 Å². The first-order valence-corrected chi connectivity index (χ1v) is 5.42. The van der Waals surface area contributed by atoms with Gasteiger partial charge in [-0.1, -0.05) is 0 Å². The standard InChI is InChI=1S/C10H10N2O2S/c1-12-5-10(4-11-12)15-7-9-3-2-8(6-13)14-9/h2-6H,7H2,1H3. The SMILES string of the molecule is Cn1cc(SCc2ccc(C=O)o2)cn1. The molecule has 4 nitrogen and oxygen atoms in total. The zero-order valence-corrected chi connectivity index (χ0v) is 9.03. The fourth-order valence-electron chi connectivity index (χ4n) is 1.16. The van der Waals surface area contributed by atoms with E-state index in [9.17, 15) is 4.79 Å². The van der Waals surface area contributed by atoms with Crippen molar-refractivity contribution in [2.45, 2.75) is 10.6 Å². The maximum absolute atomic E-state index is 10.4. The van der Waals surface area contributed by atoms with Crippen molar-refractivity contribution >= 4 is 18.0 Å². The van der Waals surface area contributed by atoms with E-state index in [2.05, 4.69) is 5.10 Å². The quantitative estimate of drug-likeness (QED) is 0.587. The Bertz CT molecular complexity index is 461. The third kappa shape index (κ3) is 2.50. The molecule has 0 saturated heterocycles. The molecule has 0 saturated carbocycles. The highest BCUT2D eigenvalue weighted by atomic mass is 32.2. The molecule has 0 amide bonds. The molecule has 0 unspecified atom stereocenters. The minimum Gasteiger partial charge on any atom is -0.457 e. The minimum atomic E-state index is 0.372. The highest BCUT2D eigenvalue weighted by Crippen LogP contribution is 2.22. The van der Waals surface area contributed by atoms with E-state index < -0.39 is 0 Å². The fourth-order valence-corrected chi connectivity index (χ4v) is 1.98. The molecular formula is C10H10N2O2S. The monoisotopic (exact) mass is 222 g/mol. The van der Waals surface area contributed by atoms with E-state index in [0.717, 1.165) is 10.7 Å². The van der Waals surface area contributed by atoms with Crippen LogP contribution in [0.2, 0.25) is 0 Å². The lowest BCUT2D eigenvalue weighted by molar-refractivity contribution is 0.109. The van der Waals surface area contributed by atoms with E-state index in [1.165, 1.54) is 0 Å². The highest BCUT2D eigenvalue weighted by Gasteiger charge is 2.03. The molecule has 5 heteroatoms. The Balaban J connectivity index is 1.95. The van der Waals surface area contributed by atoms with Gasteiger partial charge in [0, 0.05) is 18.1 Å². The van der Waals surface area contributed by atoms with Gasteiger partial charge in [0.15, 0.2) is 12.0 Å². The van der Waals surface area contributed by atoms with Crippen molar-refractivity contribution in [2.24, 2.45) is 7.05 Å². The van der Waals surface area contributed by atoms with Gasteiger partial charge >= 0.3 is 0 Å². The number of carbonyl (C=O) groups is 1. The predicted octanol–water partition coefficient (Wildman–Crippen LogP) is 2.12. The zero-order valence-electron chi connectivity index (χ0n) is 8.21. The van der Waals surface area contributed by atoms with E-state index in [4.69, 9.17) is 4.42 Å². The number of rotatable bonds is 4. The topological polar surface area (TPSA) is 48.0 Å². The van der Waals surface area contributed by atoms with Crippen LogP contribution < -0.4 is 0 Å². The summed E-state index contributed by atoms with van der Waals surface area (Å²) in [5.74, 6) is 1.88. The Morgan fingerprint density at radius 1 is 1.60 bits per heavy atom. The van der Waals surface area contributed by atoms with Crippen LogP contribution in [0.1, 0.15) is 16.3 Å². The smallest absolute Gasteiger partial charge is 0.185 e. The molecule has 2 heterocycles. The van der Waals surface area contributed by atoms with Crippen molar-refractivity contribution in [2.75, 3.05) is 0 Å². The number of nitrogens with zero attached hydrogens (tertiary/aromatic N) is 2. The summed E-state index contributed by atoms with van der Waals surface area (Å²) in [6.45, 7) is 0. The van der Waals surface area contributed by atoms with Crippen molar-refractivity contribution in [1.82, 2.24) is 9.78 Å². The van der Waals surface area contributed by atoms with Crippen LogP contribution in [0.15, 0.2) is 33.8 Å². The van der Waals surface area contributed by atoms with E-state index in [1.807, 2.05) is 19.3 Å². The molecule has 0 bridgehead atoms. The first-order chi connectivity index (χ1) is 7.28. The number of thioether (sulfide) groups is 1. The summed E-state index contributed by atoms with van der Waals surface area (Å²) in [5, 5.41) is 4.06. The van der Waals surface area contributed by atoms with E-state index in [1.54, 1.807) is 28.7 Å². The van der Waals surface area contributed by atoms with Crippen LogP contribution in [-0.2, 0) is 12.8 Å². The summed E-state index contributed by atoms with van der Waals surface area (Å²) in [7, 11) is 1.88. The first-order valence-electron chi connectivity index (χ1n) is 4.43. The molecule has 0 aliphatic heterocycles. The van der Waals surface area contributed by atoms with E-state index >= 15 is 0 Å². The molecule has 0 spiro atoms. The summed E-state index contributed by atoms with van der Waals surface area (Å²) in [4.78, 5) is 11.5. The summed E-state index contributed by atoms with van der Waals surface area (Å²) in [6, 6.07) is 3.49. The lowest BCUT2D eigenvalue weighted by atomic mass is 10.4. The van der Waals surface area contributed by atoms with Crippen LogP contribution in [-0.4, -0.2) is 16.1 Å². The molecule has 0 radical (unpaired) electrons. The van der Waals surface area contributed by atoms with Crippen molar-refractivity contribution < 1.29 is 9.21 Å². The van der Waals surface area contributed by atoms with Crippen LogP contribution in [0.3, 0.4) is 0 Å². The number of aryl methyl sites for hydroxylation is 1. The lowest BCUT2D eigenvalue weighted by Gasteiger charge is -1.93. The van der Waals surface area contributed by atoms with Crippen LogP contribution in [0.4, 0.5) is 0 Å². The Kier molecular flexibility index (Phi) is 2.91. The molecule has 2 aromatic rings. The van der Waals surface area contributed by atoms with Crippen molar-refractivity contribution in [3.63, 3.8) is 0 Å². The molecule has 0 fully saturated rings. The van der Waals surface area contributed by atoms with Gasteiger partial charge in [0.2, 0.25) is 0 Å². The molecule has 0 N–H and O–H groups in total. The number of hydrogen-bond acceptors (Lipinski definition) is 4. The minimum absolute atomic E-state index is 0.372. The van der Waals surface area contributed by atoms with Gasteiger partial charge < -0.3 is 4.42 Å². The number of aromatic nitrogens is 2. The molecule has 2 aromatic heterocycles. The molecule has 0 atom stereocenters. The molecule has 2 rings (SSSR count). The Hall–Kier alpha value is -1.49. The van der Waals surface area contributed by atoms with Crippen LogP contribution in [0.25, 0.3) is 0 Å². The molecular weight excluding hydrogens is 212 g/mol. The fraction of sp³-hybridized carbons (Fsp3) is 0.200. The second-order valence-electron chi connectivity index (χ2n) is 3.06. The summed E-state index contributed by atoms with van der Waals surface area (Å²) >= 11 is 1.63. The van der Waals surface area contributed by atoms with Gasteiger partial charge in [0.25, 0.3) is 0 Å². The predicted molar refractivity (Wildman–Crippen MR) is 56.9 cm³/mol. The second-order valence-corrected chi connectivity index (χ2v) is 4.11. The second kappa shape index (κ2) is 4.35. The summed E-state index contributed by atoms with van der Waals surface area (Å²) < 4.78 is 7.00. The Morgan fingerprint density at radius 3 is 3.07 bits per heavy atom. The number of furan rings is 1. The number of aldehydes is 1. The van der Waals surface area contributed by atoms with Crippen molar-refractivity contribution in [1.29, 1.82) is 0 Å². The van der Waals surface area contributed by atoms with Gasteiger partial charge in [0.05, 0.1) is 11.9 Å². The third-order valence-electron chi connectivity index (χ3n) is 1.86. The van der Waals surface area contributed by atoms with Gasteiger partial charge in [-0.15, -0.1) is 11.8 Å². The first kappa shape index (κ1) is 10.0. The molecule has 0 aromatic carbocycles. The van der Waals surface area contributed by atoms with Crippen LogP contribution >= 0.6 is 11.8 Å². The van der Waals surface area contributed by atoms with Crippen molar-refractivity contribution in [3.05, 3.63) is 36.0 Å². The molecule has 78 valence electrons. The lowest BCUT2D eigenvalue weighted by Crippen LogP contribution is -1.83. The molecule has 0 aliphatic carbocycles. The highest BCUT2D eigenvalue weighted by molar-refractivity contribution is 7.98. The van der Waals surface area contributed by atoms with E-state index in [0.29, 0.717) is 17.8 Å². The molecule has 15 heavy (non-hydrogen) atoms. The average molecular weight is 222 g/mol. The Labute approximate surface area is 91.3 Å². The Morgan fingerprint density at radius 2 is 2.47 bits per heavy atom. The maximum atomic E-state index is 10.4. The molecule has 0 aliphatic rings. The van der Waals surface area contributed by atoms with E-state index in [-0.39, 0.29) is 0 Å².